The molecular weight excluding hydrogens is 175 g/mol. The summed E-state index contributed by atoms with van der Waals surface area (Å²) in [5.41, 5.74) is -0.219. The van der Waals surface area contributed by atoms with Crippen molar-refractivity contribution in [1.82, 2.24) is 0 Å². The molecule has 0 aliphatic heterocycles. The first-order valence-corrected chi connectivity index (χ1v) is 3.81. The van der Waals surface area contributed by atoms with Crippen molar-refractivity contribution in [2.75, 3.05) is 0 Å². The fraction of sp³-hybridized carbons (Fsp3) is 0.222. The van der Waals surface area contributed by atoms with Crippen molar-refractivity contribution in [2.45, 2.75) is 13.3 Å². The molecule has 2 N–H and O–H groups in total. The summed E-state index contributed by atoms with van der Waals surface area (Å²) >= 11 is 0. The van der Waals surface area contributed by atoms with Crippen molar-refractivity contribution >= 4 is 5.78 Å². The van der Waals surface area contributed by atoms with E-state index in [0.717, 1.165) is 12.1 Å². The van der Waals surface area contributed by atoms with E-state index in [-0.39, 0.29) is 12.0 Å². The summed E-state index contributed by atoms with van der Waals surface area (Å²) in [6, 6.07) is 1.59. The van der Waals surface area contributed by atoms with Crippen LogP contribution in [0, 0.1) is 5.82 Å². The Balaban J connectivity index is 3.28. The molecule has 0 spiro atoms. The second-order valence-corrected chi connectivity index (χ2v) is 2.60. The molecule has 0 saturated heterocycles. The molecule has 0 aromatic heterocycles. The predicted octanol–water partition coefficient (Wildman–Crippen LogP) is 1.83. The standard InChI is InChI=1S/C9H9FO3/c1-2-6(11)9-7(12)3-5(10)4-8(9)13/h3-4,12-13H,2H2,1H3. The molecule has 3 nitrogen and oxygen atoms in total. The van der Waals surface area contributed by atoms with Gasteiger partial charge in [0.2, 0.25) is 0 Å². The fourth-order valence-corrected chi connectivity index (χ4v) is 1.04. The zero-order chi connectivity index (χ0) is 10.0. The van der Waals surface area contributed by atoms with Gasteiger partial charge in [0, 0.05) is 18.6 Å². The van der Waals surface area contributed by atoms with Crippen molar-refractivity contribution in [2.24, 2.45) is 0 Å². The van der Waals surface area contributed by atoms with Crippen LogP contribution in [0.2, 0.25) is 0 Å². The first kappa shape index (κ1) is 9.51. The summed E-state index contributed by atoms with van der Waals surface area (Å²) in [4.78, 5) is 11.1. The lowest BCUT2D eigenvalue weighted by molar-refractivity contribution is 0.0983. The lowest BCUT2D eigenvalue weighted by Crippen LogP contribution is -1.98. The van der Waals surface area contributed by atoms with Crippen molar-refractivity contribution in [3.05, 3.63) is 23.5 Å². The molecule has 0 heterocycles. The van der Waals surface area contributed by atoms with Gasteiger partial charge >= 0.3 is 0 Å². The SMILES string of the molecule is CCC(=O)c1c(O)cc(F)cc1O. The molecule has 0 aliphatic rings. The van der Waals surface area contributed by atoms with Gasteiger partial charge in [0.05, 0.1) is 0 Å². The molecule has 1 rings (SSSR count). The lowest BCUT2D eigenvalue weighted by atomic mass is 10.1. The molecule has 0 bridgehead atoms. The number of hydrogen-bond donors (Lipinski definition) is 2. The van der Waals surface area contributed by atoms with Gasteiger partial charge in [0.25, 0.3) is 0 Å². The lowest BCUT2D eigenvalue weighted by Gasteiger charge is -2.04. The molecule has 0 saturated carbocycles. The maximum atomic E-state index is 12.5. The third kappa shape index (κ3) is 1.77. The van der Waals surface area contributed by atoms with Crippen molar-refractivity contribution < 1.29 is 19.4 Å². The number of aromatic hydroxyl groups is 2. The Bertz CT molecular complexity index is 324. The van der Waals surface area contributed by atoms with Gasteiger partial charge in [0.15, 0.2) is 5.78 Å². The minimum absolute atomic E-state index is 0.146. The van der Waals surface area contributed by atoms with E-state index in [1.165, 1.54) is 0 Å². The number of phenols is 2. The van der Waals surface area contributed by atoms with E-state index in [0.29, 0.717) is 0 Å². The molecule has 1 aromatic rings. The third-order valence-corrected chi connectivity index (χ3v) is 1.66. The van der Waals surface area contributed by atoms with E-state index in [1.807, 2.05) is 0 Å². The minimum atomic E-state index is -0.775. The first-order valence-electron chi connectivity index (χ1n) is 3.81. The van der Waals surface area contributed by atoms with Gasteiger partial charge in [0.1, 0.15) is 22.9 Å². The summed E-state index contributed by atoms with van der Waals surface area (Å²) in [7, 11) is 0. The van der Waals surface area contributed by atoms with Crippen LogP contribution < -0.4 is 0 Å². The van der Waals surface area contributed by atoms with Crippen LogP contribution in [-0.2, 0) is 0 Å². The summed E-state index contributed by atoms with van der Waals surface area (Å²) in [5.74, 6) is -2.24. The van der Waals surface area contributed by atoms with Crippen LogP contribution in [0.3, 0.4) is 0 Å². The molecule has 0 aliphatic carbocycles. The van der Waals surface area contributed by atoms with Crippen LogP contribution in [0.25, 0.3) is 0 Å². The number of benzene rings is 1. The second kappa shape index (κ2) is 3.43. The summed E-state index contributed by atoms with van der Waals surface area (Å²) in [6.45, 7) is 1.59. The van der Waals surface area contributed by atoms with Gasteiger partial charge < -0.3 is 10.2 Å². The smallest absolute Gasteiger partial charge is 0.170 e. The van der Waals surface area contributed by atoms with Crippen LogP contribution in [0.15, 0.2) is 12.1 Å². The highest BCUT2D eigenvalue weighted by atomic mass is 19.1. The number of Topliss-reactive ketones (excluding diaryl/α,β-unsaturated/α-hetero) is 1. The Labute approximate surface area is 74.4 Å². The van der Waals surface area contributed by atoms with Crippen LogP contribution in [0.1, 0.15) is 23.7 Å². The van der Waals surface area contributed by atoms with Crippen LogP contribution in [-0.4, -0.2) is 16.0 Å². The molecule has 0 fully saturated rings. The average molecular weight is 184 g/mol. The van der Waals surface area contributed by atoms with Gasteiger partial charge in [-0.25, -0.2) is 4.39 Å². The number of carbonyl (C=O) groups is 1. The van der Waals surface area contributed by atoms with Crippen LogP contribution >= 0.6 is 0 Å². The number of halogens is 1. The third-order valence-electron chi connectivity index (χ3n) is 1.66. The summed E-state index contributed by atoms with van der Waals surface area (Å²) in [5, 5.41) is 18.3. The Morgan fingerprint density at radius 3 is 2.23 bits per heavy atom. The van der Waals surface area contributed by atoms with Gasteiger partial charge in [-0.05, 0) is 0 Å². The molecule has 13 heavy (non-hydrogen) atoms. The molecule has 70 valence electrons. The first-order chi connectivity index (χ1) is 6.06. The van der Waals surface area contributed by atoms with E-state index < -0.39 is 23.1 Å². The molecule has 0 unspecified atom stereocenters. The summed E-state index contributed by atoms with van der Waals surface area (Å²) < 4.78 is 12.5. The molecule has 1 aromatic carbocycles. The second-order valence-electron chi connectivity index (χ2n) is 2.60. The largest absolute Gasteiger partial charge is 0.507 e. The van der Waals surface area contributed by atoms with E-state index in [4.69, 9.17) is 10.2 Å². The molecular formula is C9H9FO3. The Hall–Kier alpha value is -1.58. The average Bonchev–Trinajstić information content (AvgIpc) is 2.02. The number of rotatable bonds is 2. The Morgan fingerprint density at radius 2 is 1.85 bits per heavy atom. The molecule has 0 atom stereocenters. The van der Waals surface area contributed by atoms with Gasteiger partial charge in [-0.3, -0.25) is 4.79 Å². The van der Waals surface area contributed by atoms with E-state index in [9.17, 15) is 9.18 Å². The molecule has 0 radical (unpaired) electrons. The zero-order valence-electron chi connectivity index (χ0n) is 7.04. The maximum Gasteiger partial charge on any atom is 0.170 e. The summed E-state index contributed by atoms with van der Waals surface area (Å²) in [6.07, 6.45) is 0.146. The maximum absolute atomic E-state index is 12.5. The highest BCUT2D eigenvalue weighted by Crippen LogP contribution is 2.29. The van der Waals surface area contributed by atoms with E-state index in [2.05, 4.69) is 0 Å². The normalized spacial score (nSPS) is 10.0. The van der Waals surface area contributed by atoms with Crippen molar-refractivity contribution in [3.63, 3.8) is 0 Å². The number of carbonyl (C=O) groups excluding carboxylic acids is 1. The van der Waals surface area contributed by atoms with E-state index >= 15 is 0 Å². The number of hydrogen-bond acceptors (Lipinski definition) is 3. The highest BCUT2D eigenvalue weighted by molar-refractivity contribution is 6.00. The monoisotopic (exact) mass is 184 g/mol. The van der Waals surface area contributed by atoms with Crippen LogP contribution in [0.4, 0.5) is 4.39 Å². The van der Waals surface area contributed by atoms with Gasteiger partial charge in [-0.2, -0.15) is 0 Å². The minimum Gasteiger partial charge on any atom is -0.507 e. The predicted molar refractivity (Wildman–Crippen MR) is 44.4 cm³/mol. The topological polar surface area (TPSA) is 57.5 Å². The Kier molecular flexibility index (Phi) is 2.51. The van der Waals surface area contributed by atoms with Crippen molar-refractivity contribution in [1.29, 1.82) is 0 Å². The van der Waals surface area contributed by atoms with Gasteiger partial charge in [-0.1, -0.05) is 6.92 Å². The quantitative estimate of drug-likeness (QED) is 0.689. The van der Waals surface area contributed by atoms with Crippen LogP contribution in [0.5, 0.6) is 11.5 Å². The number of ketones is 1. The van der Waals surface area contributed by atoms with Gasteiger partial charge in [-0.15, -0.1) is 0 Å². The Morgan fingerprint density at radius 1 is 1.38 bits per heavy atom. The highest BCUT2D eigenvalue weighted by Gasteiger charge is 2.15. The van der Waals surface area contributed by atoms with Crippen molar-refractivity contribution in [3.8, 4) is 11.5 Å². The fourth-order valence-electron chi connectivity index (χ4n) is 1.04. The number of phenolic OH excluding ortho intramolecular Hbond substituents is 2. The molecule has 0 amide bonds. The molecule has 4 heteroatoms. The van der Waals surface area contributed by atoms with E-state index in [1.54, 1.807) is 6.92 Å². The zero-order valence-corrected chi connectivity index (χ0v) is 7.04.